The monoisotopic (exact) mass is 316 g/mol. The molecule has 112 valence electrons. The van der Waals surface area contributed by atoms with Gasteiger partial charge in [0.15, 0.2) is 0 Å². The second-order valence-corrected chi connectivity index (χ2v) is 5.89. The zero-order valence-corrected chi connectivity index (χ0v) is 13.8. The molecule has 1 rings (SSSR count). The Balaban J connectivity index is 2.71. The van der Waals surface area contributed by atoms with E-state index in [1.807, 2.05) is 37.9 Å². The first-order chi connectivity index (χ1) is 9.45. The third-order valence-electron chi connectivity index (χ3n) is 3.10. The van der Waals surface area contributed by atoms with Crippen molar-refractivity contribution in [2.45, 2.75) is 39.3 Å². The summed E-state index contributed by atoms with van der Waals surface area (Å²) in [6.07, 6.45) is 1.40. The highest BCUT2D eigenvalue weighted by molar-refractivity contribution is 6.42. The standard InChI is InChI=1S/C15H22Cl2N2O/c1-11(2)19(15(20)5-4-8-18-3)10-12-6-7-13(16)14(17)9-12/h6-7,9,11,18H,4-5,8,10H2,1-3H3. The van der Waals surface area contributed by atoms with Gasteiger partial charge in [-0.25, -0.2) is 0 Å². The molecule has 0 unspecified atom stereocenters. The molecule has 1 aromatic carbocycles. The molecule has 0 aliphatic heterocycles. The minimum Gasteiger partial charge on any atom is -0.336 e. The minimum absolute atomic E-state index is 0.159. The van der Waals surface area contributed by atoms with E-state index in [1.54, 1.807) is 6.07 Å². The van der Waals surface area contributed by atoms with Crippen LogP contribution in [0.4, 0.5) is 0 Å². The molecule has 0 aliphatic rings. The average Bonchev–Trinajstić information content (AvgIpc) is 2.39. The van der Waals surface area contributed by atoms with Crippen LogP contribution in [0.15, 0.2) is 18.2 Å². The molecule has 1 amide bonds. The molecule has 5 heteroatoms. The number of benzene rings is 1. The summed E-state index contributed by atoms with van der Waals surface area (Å²) in [6, 6.07) is 5.65. The lowest BCUT2D eigenvalue weighted by Gasteiger charge is -2.27. The minimum atomic E-state index is 0.159. The van der Waals surface area contributed by atoms with Crippen LogP contribution >= 0.6 is 23.2 Å². The van der Waals surface area contributed by atoms with E-state index in [0.29, 0.717) is 23.0 Å². The van der Waals surface area contributed by atoms with Gasteiger partial charge in [-0.3, -0.25) is 4.79 Å². The number of carbonyl (C=O) groups is 1. The Morgan fingerprint density at radius 1 is 1.30 bits per heavy atom. The SMILES string of the molecule is CNCCCC(=O)N(Cc1ccc(Cl)c(Cl)c1)C(C)C. The van der Waals surface area contributed by atoms with Crippen molar-refractivity contribution in [1.29, 1.82) is 0 Å². The Hall–Kier alpha value is -0.770. The van der Waals surface area contributed by atoms with Gasteiger partial charge >= 0.3 is 0 Å². The molecule has 0 saturated carbocycles. The van der Waals surface area contributed by atoms with Gasteiger partial charge < -0.3 is 10.2 Å². The van der Waals surface area contributed by atoms with Crippen LogP contribution in [0.1, 0.15) is 32.3 Å². The van der Waals surface area contributed by atoms with Crippen molar-refractivity contribution in [3.05, 3.63) is 33.8 Å². The first-order valence-corrected chi connectivity index (χ1v) is 7.59. The highest BCUT2D eigenvalue weighted by atomic mass is 35.5. The van der Waals surface area contributed by atoms with Gasteiger partial charge in [-0.2, -0.15) is 0 Å². The summed E-state index contributed by atoms with van der Waals surface area (Å²) < 4.78 is 0. The molecule has 0 heterocycles. The Morgan fingerprint density at radius 2 is 2.00 bits per heavy atom. The summed E-state index contributed by atoms with van der Waals surface area (Å²) in [6.45, 7) is 5.46. The van der Waals surface area contributed by atoms with Crippen LogP contribution in [0.3, 0.4) is 0 Å². The van der Waals surface area contributed by atoms with Crippen LogP contribution in [0.5, 0.6) is 0 Å². The summed E-state index contributed by atoms with van der Waals surface area (Å²) in [4.78, 5) is 14.1. The van der Waals surface area contributed by atoms with E-state index in [2.05, 4.69) is 5.32 Å². The molecular formula is C15H22Cl2N2O. The van der Waals surface area contributed by atoms with Crippen LogP contribution in [0, 0.1) is 0 Å². The molecule has 0 spiro atoms. The fourth-order valence-corrected chi connectivity index (χ4v) is 2.27. The Bertz CT molecular complexity index is 449. The lowest BCUT2D eigenvalue weighted by molar-refractivity contribution is -0.133. The van der Waals surface area contributed by atoms with Crippen molar-refractivity contribution in [3.63, 3.8) is 0 Å². The smallest absolute Gasteiger partial charge is 0.223 e. The molecule has 0 atom stereocenters. The maximum absolute atomic E-state index is 12.3. The van der Waals surface area contributed by atoms with E-state index >= 15 is 0 Å². The number of halogens is 2. The molecule has 0 fully saturated rings. The van der Waals surface area contributed by atoms with Gasteiger partial charge in [-0.15, -0.1) is 0 Å². The van der Waals surface area contributed by atoms with Gasteiger partial charge in [-0.1, -0.05) is 29.3 Å². The third kappa shape index (κ3) is 5.31. The predicted molar refractivity (Wildman–Crippen MR) is 85.3 cm³/mol. The lowest BCUT2D eigenvalue weighted by Crippen LogP contribution is -2.36. The zero-order chi connectivity index (χ0) is 15.1. The quantitative estimate of drug-likeness (QED) is 0.777. The van der Waals surface area contributed by atoms with Crippen molar-refractivity contribution >= 4 is 29.1 Å². The molecule has 1 N–H and O–H groups in total. The van der Waals surface area contributed by atoms with Crippen LogP contribution in [-0.2, 0) is 11.3 Å². The summed E-state index contributed by atoms with van der Waals surface area (Å²) in [5, 5.41) is 4.11. The molecule has 0 aromatic heterocycles. The van der Waals surface area contributed by atoms with Gasteiger partial charge in [0.05, 0.1) is 10.0 Å². The number of rotatable bonds is 7. The topological polar surface area (TPSA) is 32.3 Å². The van der Waals surface area contributed by atoms with Gasteiger partial charge in [0.2, 0.25) is 5.91 Å². The molecule has 0 bridgehead atoms. The van der Waals surface area contributed by atoms with Crippen LogP contribution in [0.2, 0.25) is 10.0 Å². The van der Waals surface area contributed by atoms with Crippen molar-refractivity contribution in [2.75, 3.05) is 13.6 Å². The number of nitrogens with zero attached hydrogens (tertiary/aromatic N) is 1. The van der Waals surface area contributed by atoms with Crippen LogP contribution in [-0.4, -0.2) is 30.4 Å². The van der Waals surface area contributed by atoms with E-state index in [-0.39, 0.29) is 11.9 Å². The van der Waals surface area contributed by atoms with Crippen molar-refractivity contribution < 1.29 is 4.79 Å². The number of hydrogen-bond donors (Lipinski definition) is 1. The second-order valence-electron chi connectivity index (χ2n) is 5.07. The van der Waals surface area contributed by atoms with E-state index < -0.39 is 0 Å². The maximum atomic E-state index is 12.3. The highest BCUT2D eigenvalue weighted by Crippen LogP contribution is 2.23. The third-order valence-corrected chi connectivity index (χ3v) is 3.84. The maximum Gasteiger partial charge on any atom is 0.223 e. The summed E-state index contributed by atoms with van der Waals surface area (Å²) in [5.74, 6) is 0.168. The zero-order valence-electron chi connectivity index (χ0n) is 12.2. The first kappa shape index (κ1) is 17.3. The Labute approximate surface area is 131 Å². The van der Waals surface area contributed by atoms with Crippen molar-refractivity contribution in [1.82, 2.24) is 10.2 Å². The van der Waals surface area contributed by atoms with Crippen LogP contribution < -0.4 is 5.32 Å². The van der Waals surface area contributed by atoms with Gasteiger partial charge in [-0.05, 0) is 51.6 Å². The molecule has 0 saturated heterocycles. The molecular weight excluding hydrogens is 295 g/mol. The van der Waals surface area contributed by atoms with Crippen molar-refractivity contribution in [2.24, 2.45) is 0 Å². The Kier molecular flexibility index (Phi) is 7.35. The number of carbonyl (C=O) groups excluding carboxylic acids is 1. The summed E-state index contributed by atoms with van der Waals surface area (Å²) >= 11 is 11.9. The van der Waals surface area contributed by atoms with E-state index in [4.69, 9.17) is 23.2 Å². The van der Waals surface area contributed by atoms with Gasteiger partial charge in [0.1, 0.15) is 0 Å². The van der Waals surface area contributed by atoms with E-state index in [0.717, 1.165) is 18.5 Å². The predicted octanol–water partition coefficient (Wildman–Crippen LogP) is 3.73. The molecule has 20 heavy (non-hydrogen) atoms. The molecule has 1 aromatic rings. The van der Waals surface area contributed by atoms with Crippen LogP contribution in [0.25, 0.3) is 0 Å². The van der Waals surface area contributed by atoms with E-state index in [9.17, 15) is 4.79 Å². The summed E-state index contributed by atoms with van der Waals surface area (Å²) in [7, 11) is 1.89. The first-order valence-electron chi connectivity index (χ1n) is 6.83. The average molecular weight is 317 g/mol. The van der Waals surface area contributed by atoms with Gasteiger partial charge in [0.25, 0.3) is 0 Å². The van der Waals surface area contributed by atoms with E-state index in [1.165, 1.54) is 0 Å². The molecule has 3 nitrogen and oxygen atoms in total. The number of nitrogens with one attached hydrogen (secondary N) is 1. The molecule has 0 radical (unpaired) electrons. The normalized spacial score (nSPS) is 10.9. The Morgan fingerprint density at radius 3 is 2.55 bits per heavy atom. The van der Waals surface area contributed by atoms with Gasteiger partial charge in [0, 0.05) is 19.0 Å². The fraction of sp³-hybridized carbons (Fsp3) is 0.533. The van der Waals surface area contributed by atoms with Crippen molar-refractivity contribution in [3.8, 4) is 0 Å². The number of amides is 1. The highest BCUT2D eigenvalue weighted by Gasteiger charge is 2.17. The number of hydrogen-bond acceptors (Lipinski definition) is 2. The second kappa shape index (κ2) is 8.50. The lowest BCUT2D eigenvalue weighted by atomic mass is 10.1. The molecule has 0 aliphatic carbocycles. The largest absolute Gasteiger partial charge is 0.336 e. The summed E-state index contributed by atoms with van der Waals surface area (Å²) in [5.41, 5.74) is 0.995. The fourth-order valence-electron chi connectivity index (χ4n) is 1.95.